The minimum atomic E-state index is -0.0509. The fourth-order valence-corrected chi connectivity index (χ4v) is 4.64. The summed E-state index contributed by atoms with van der Waals surface area (Å²) in [7, 11) is 0. The zero-order chi connectivity index (χ0) is 19.7. The number of carbonyl (C=O) groups excluding carboxylic acids is 1. The van der Waals surface area contributed by atoms with Crippen molar-refractivity contribution in [1.29, 1.82) is 0 Å². The molecular formula is C24H20BrNOS. The molecule has 28 heavy (non-hydrogen) atoms. The van der Waals surface area contributed by atoms with Crippen LogP contribution in [0.2, 0.25) is 0 Å². The summed E-state index contributed by atoms with van der Waals surface area (Å²) >= 11 is 5.07. The van der Waals surface area contributed by atoms with E-state index in [2.05, 4.69) is 64.6 Å². The zero-order valence-electron chi connectivity index (χ0n) is 15.8. The molecule has 1 heterocycles. The van der Waals surface area contributed by atoms with Gasteiger partial charge in [-0.2, -0.15) is 0 Å². The Labute approximate surface area is 177 Å². The first kappa shape index (κ1) is 18.9. The molecule has 0 bridgehead atoms. The van der Waals surface area contributed by atoms with E-state index in [0.717, 1.165) is 42.7 Å². The first-order valence-corrected chi connectivity index (χ1v) is 10.8. The quantitative estimate of drug-likeness (QED) is 0.352. The van der Waals surface area contributed by atoms with Gasteiger partial charge in [-0.3, -0.25) is 4.79 Å². The van der Waals surface area contributed by atoms with Crippen molar-refractivity contribution in [2.24, 2.45) is 0 Å². The Bertz CT molecular complexity index is 1160. The van der Waals surface area contributed by atoms with Crippen LogP contribution in [0.1, 0.15) is 31.9 Å². The van der Waals surface area contributed by atoms with Crippen molar-refractivity contribution < 1.29 is 4.79 Å². The van der Waals surface area contributed by atoms with Crippen LogP contribution in [0.3, 0.4) is 0 Å². The Morgan fingerprint density at radius 2 is 1.75 bits per heavy atom. The molecule has 4 aromatic rings. The van der Waals surface area contributed by atoms with Crippen LogP contribution in [0.4, 0.5) is 5.69 Å². The van der Waals surface area contributed by atoms with E-state index >= 15 is 0 Å². The van der Waals surface area contributed by atoms with Crippen molar-refractivity contribution >= 4 is 48.9 Å². The molecule has 0 aliphatic carbocycles. The second-order valence-electron chi connectivity index (χ2n) is 6.99. The van der Waals surface area contributed by atoms with E-state index in [1.165, 1.54) is 11.1 Å². The number of anilines is 1. The SMILES string of the molecule is Cc1ccc(Cc2c(C(=O)Nc3ccc(Br)c(C)c3)sc3ccccc23)cc1. The fourth-order valence-electron chi connectivity index (χ4n) is 3.28. The zero-order valence-corrected chi connectivity index (χ0v) is 18.2. The molecule has 0 unspecified atom stereocenters. The molecule has 0 saturated heterocycles. The third-order valence-electron chi connectivity index (χ3n) is 4.82. The number of amides is 1. The third kappa shape index (κ3) is 3.89. The van der Waals surface area contributed by atoms with Crippen LogP contribution in [-0.2, 0) is 6.42 Å². The lowest BCUT2D eigenvalue weighted by atomic mass is 10.0. The largest absolute Gasteiger partial charge is 0.321 e. The molecule has 0 aliphatic rings. The van der Waals surface area contributed by atoms with Crippen molar-refractivity contribution in [2.75, 3.05) is 5.32 Å². The van der Waals surface area contributed by atoms with Crippen molar-refractivity contribution in [1.82, 2.24) is 0 Å². The van der Waals surface area contributed by atoms with E-state index in [9.17, 15) is 4.79 Å². The number of benzene rings is 3. The predicted molar refractivity (Wildman–Crippen MR) is 123 cm³/mol. The molecule has 0 atom stereocenters. The summed E-state index contributed by atoms with van der Waals surface area (Å²) in [6.45, 7) is 4.10. The van der Waals surface area contributed by atoms with Crippen LogP contribution in [0.5, 0.6) is 0 Å². The van der Waals surface area contributed by atoms with Gasteiger partial charge in [0.05, 0.1) is 4.88 Å². The van der Waals surface area contributed by atoms with E-state index in [1.54, 1.807) is 11.3 Å². The summed E-state index contributed by atoms with van der Waals surface area (Å²) in [5.74, 6) is -0.0509. The van der Waals surface area contributed by atoms with Crippen LogP contribution in [0.25, 0.3) is 10.1 Å². The number of aryl methyl sites for hydroxylation is 2. The molecule has 1 amide bonds. The van der Waals surface area contributed by atoms with E-state index in [0.29, 0.717) is 0 Å². The summed E-state index contributed by atoms with van der Waals surface area (Å²) < 4.78 is 2.18. The van der Waals surface area contributed by atoms with Gasteiger partial charge in [0.2, 0.25) is 0 Å². The van der Waals surface area contributed by atoms with Crippen molar-refractivity contribution in [3.05, 3.63) is 98.3 Å². The lowest BCUT2D eigenvalue weighted by Crippen LogP contribution is -2.12. The fraction of sp³-hybridized carbons (Fsp3) is 0.125. The molecule has 2 nitrogen and oxygen atoms in total. The second-order valence-corrected chi connectivity index (χ2v) is 8.89. The van der Waals surface area contributed by atoms with Crippen LogP contribution >= 0.6 is 27.3 Å². The Hall–Kier alpha value is -2.43. The van der Waals surface area contributed by atoms with Gasteiger partial charge in [-0.1, -0.05) is 64.0 Å². The maximum atomic E-state index is 13.1. The number of hydrogen-bond donors (Lipinski definition) is 1. The van der Waals surface area contributed by atoms with Crippen molar-refractivity contribution in [3.63, 3.8) is 0 Å². The van der Waals surface area contributed by atoms with Crippen molar-refractivity contribution in [2.45, 2.75) is 20.3 Å². The van der Waals surface area contributed by atoms with Crippen molar-refractivity contribution in [3.8, 4) is 0 Å². The summed E-state index contributed by atoms with van der Waals surface area (Å²) in [6.07, 6.45) is 0.742. The molecule has 4 rings (SSSR count). The second kappa shape index (κ2) is 7.90. The first-order valence-electron chi connectivity index (χ1n) is 9.15. The van der Waals surface area contributed by atoms with Gasteiger partial charge in [0, 0.05) is 14.9 Å². The highest BCUT2D eigenvalue weighted by Crippen LogP contribution is 2.34. The molecule has 140 valence electrons. The van der Waals surface area contributed by atoms with E-state index in [4.69, 9.17) is 0 Å². The average Bonchev–Trinajstić information content (AvgIpc) is 3.05. The van der Waals surface area contributed by atoms with Gasteiger partial charge in [0.25, 0.3) is 5.91 Å². The minimum absolute atomic E-state index is 0.0509. The van der Waals surface area contributed by atoms with Crippen LogP contribution in [-0.4, -0.2) is 5.91 Å². The minimum Gasteiger partial charge on any atom is -0.321 e. The Morgan fingerprint density at radius 3 is 2.50 bits per heavy atom. The summed E-state index contributed by atoms with van der Waals surface area (Å²) in [6, 6.07) is 22.6. The Kier molecular flexibility index (Phi) is 5.33. The monoisotopic (exact) mass is 449 g/mol. The predicted octanol–water partition coefficient (Wildman–Crippen LogP) is 7.12. The number of carbonyl (C=O) groups is 1. The van der Waals surface area contributed by atoms with Gasteiger partial charge in [0.15, 0.2) is 0 Å². The third-order valence-corrected chi connectivity index (χ3v) is 6.92. The molecule has 0 radical (unpaired) electrons. The van der Waals surface area contributed by atoms with E-state index in [-0.39, 0.29) is 5.91 Å². The summed E-state index contributed by atoms with van der Waals surface area (Å²) in [5.41, 5.74) is 5.44. The average molecular weight is 450 g/mol. The summed E-state index contributed by atoms with van der Waals surface area (Å²) in [4.78, 5) is 13.9. The van der Waals surface area contributed by atoms with E-state index < -0.39 is 0 Å². The highest BCUT2D eigenvalue weighted by Gasteiger charge is 2.19. The Morgan fingerprint density at radius 1 is 1.00 bits per heavy atom. The first-order chi connectivity index (χ1) is 13.5. The number of rotatable bonds is 4. The maximum absolute atomic E-state index is 13.1. The molecule has 0 fully saturated rings. The van der Waals surface area contributed by atoms with Gasteiger partial charge in [-0.05, 0) is 66.6 Å². The Balaban J connectivity index is 1.71. The molecule has 1 N–H and O–H groups in total. The standard InChI is InChI=1S/C24H20BrNOS/c1-15-7-9-17(10-8-15)14-20-19-5-3-4-6-22(19)28-23(20)24(27)26-18-11-12-21(25)16(2)13-18/h3-13H,14H2,1-2H3,(H,26,27). The van der Waals surface area contributed by atoms with Gasteiger partial charge in [0.1, 0.15) is 0 Å². The van der Waals surface area contributed by atoms with Crippen LogP contribution in [0, 0.1) is 13.8 Å². The topological polar surface area (TPSA) is 29.1 Å². The van der Waals surface area contributed by atoms with Gasteiger partial charge in [-0.15, -0.1) is 11.3 Å². The normalized spacial score (nSPS) is 11.0. The maximum Gasteiger partial charge on any atom is 0.266 e. The molecule has 0 aliphatic heterocycles. The molecule has 0 saturated carbocycles. The van der Waals surface area contributed by atoms with Crippen LogP contribution in [0.15, 0.2) is 71.2 Å². The highest BCUT2D eigenvalue weighted by molar-refractivity contribution is 9.10. The molecule has 1 aromatic heterocycles. The van der Waals surface area contributed by atoms with Gasteiger partial charge in [-0.25, -0.2) is 0 Å². The lowest BCUT2D eigenvalue weighted by molar-refractivity contribution is 0.103. The number of thiophene rings is 1. The smallest absolute Gasteiger partial charge is 0.266 e. The molecule has 3 aromatic carbocycles. The highest BCUT2D eigenvalue weighted by atomic mass is 79.9. The number of halogens is 1. The molecule has 0 spiro atoms. The molecule has 4 heteroatoms. The lowest BCUT2D eigenvalue weighted by Gasteiger charge is -2.09. The summed E-state index contributed by atoms with van der Waals surface area (Å²) in [5, 5.41) is 4.23. The molecular weight excluding hydrogens is 430 g/mol. The van der Waals surface area contributed by atoms with Gasteiger partial charge < -0.3 is 5.32 Å². The number of nitrogens with one attached hydrogen (secondary N) is 1. The van der Waals surface area contributed by atoms with Gasteiger partial charge >= 0.3 is 0 Å². The number of hydrogen-bond acceptors (Lipinski definition) is 2. The van der Waals surface area contributed by atoms with E-state index in [1.807, 2.05) is 37.3 Å². The van der Waals surface area contributed by atoms with Crippen LogP contribution < -0.4 is 5.32 Å². The number of fused-ring (bicyclic) bond motifs is 1.